The molecule has 8 nitrogen and oxygen atoms in total. The fourth-order valence-corrected chi connectivity index (χ4v) is 4.55. The van der Waals surface area contributed by atoms with Crippen molar-refractivity contribution in [3.8, 4) is 0 Å². The van der Waals surface area contributed by atoms with Crippen LogP contribution in [0, 0.1) is 0 Å². The Kier molecular flexibility index (Phi) is 9.11. The van der Waals surface area contributed by atoms with Crippen LogP contribution in [0.1, 0.15) is 35.6 Å². The molecule has 1 amide bonds. The number of nitrogens with one attached hydrogen (secondary N) is 3. The van der Waals surface area contributed by atoms with Gasteiger partial charge in [0.1, 0.15) is 0 Å². The van der Waals surface area contributed by atoms with E-state index in [0.29, 0.717) is 48.1 Å². The molecule has 0 aliphatic carbocycles. The lowest BCUT2D eigenvalue weighted by molar-refractivity contribution is -0.138. The molecule has 1 unspecified atom stereocenters. The van der Waals surface area contributed by atoms with Crippen molar-refractivity contribution in [2.45, 2.75) is 36.7 Å². The van der Waals surface area contributed by atoms with Gasteiger partial charge < -0.3 is 25.5 Å². The zero-order valence-corrected chi connectivity index (χ0v) is 22.4. The highest BCUT2D eigenvalue weighted by molar-refractivity contribution is 7.80. The minimum atomic E-state index is -1.03. The molecule has 2 radical (unpaired) electrons. The summed E-state index contributed by atoms with van der Waals surface area (Å²) in [5.74, 6) is -1.12. The van der Waals surface area contributed by atoms with E-state index in [9.17, 15) is 19.5 Å². The van der Waals surface area contributed by atoms with Crippen molar-refractivity contribution >= 4 is 54.6 Å². The second kappa shape index (κ2) is 12.7. The van der Waals surface area contributed by atoms with Crippen LogP contribution in [0.15, 0.2) is 82.6 Å². The van der Waals surface area contributed by atoms with E-state index in [4.69, 9.17) is 7.98 Å². The molecule has 4 N–H and O–H groups in total. The van der Waals surface area contributed by atoms with Crippen LogP contribution in [0.2, 0.25) is 0 Å². The maximum absolute atomic E-state index is 12.5. The fourth-order valence-electron chi connectivity index (χ4n) is 4.34. The summed E-state index contributed by atoms with van der Waals surface area (Å²) in [6.07, 6.45) is 3.23. The number of aryl methyl sites for hydroxylation is 1. The molecule has 0 saturated heterocycles. The zero-order chi connectivity index (χ0) is 27.9. The molecular weight excluding hydrogens is 511 g/mol. The number of rotatable bonds is 11. The molecule has 0 saturated carbocycles. The molecule has 3 aromatic carbocycles. The molecule has 0 spiro atoms. The number of fused-ring (bicyclic) bond motifs is 1. The molecule has 10 heteroatoms. The average molecular weight is 540 g/mol. The Morgan fingerprint density at radius 1 is 1.05 bits per heavy atom. The summed E-state index contributed by atoms with van der Waals surface area (Å²) in [5.41, 5.74) is 3.50. The highest BCUT2D eigenvalue weighted by Gasteiger charge is 2.20. The molecule has 0 aliphatic heterocycles. The van der Waals surface area contributed by atoms with Crippen LogP contribution in [0.4, 0.5) is 11.4 Å². The highest BCUT2D eigenvalue weighted by Crippen LogP contribution is 2.24. The molecule has 4 aromatic rings. The maximum atomic E-state index is 12.5. The number of hydrogen-bond acceptors (Lipinski definition) is 6. The Balaban J connectivity index is 1.33. The number of nitrogens with zero attached hydrogens (tertiary/aromatic N) is 1. The number of carbonyl (C=O) groups excluding carboxylic acids is 1. The quantitative estimate of drug-likeness (QED) is 0.141. The molecule has 0 bridgehead atoms. The van der Waals surface area contributed by atoms with Crippen LogP contribution in [0.25, 0.3) is 10.8 Å². The van der Waals surface area contributed by atoms with E-state index in [2.05, 4.69) is 28.2 Å². The molecule has 198 valence electrons. The van der Waals surface area contributed by atoms with Crippen LogP contribution < -0.4 is 16.2 Å². The summed E-state index contributed by atoms with van der Waals surface area (Å²) in [4.78, 5) is 41.6. The molecule has 1 heterocycles. The number of carbonyl (C=O) groups is 2. The maximum Gasteiger partial charge on any atom is 0.330 e. The predicted molar refractivity (Wildman–Crippen MR) is 157 cm³/mol. The third-order valence-electron chi connectivity index (χ3n) is 6.30. The van der Waals surface area contributed by atoms with Gasteiger partial charge in [-0.3, -0.25) is 9.59 Å². The van der Waals surface area contributed by atoms with Gasteiger partial charge in [-0.15, -0.1) is 12.6 Å². The number of carboxylic acid groups (broad SMARTS) is 1. The van der Waals surface area contributed by atoms with Gasteiger partial charge >= 0.3 is 5.97 Å². The van der Waals surface area contributed by atoms with Crippen molar-refractivity contribution < 1.29 is 14.7 Å². The largest absolute Gasteiger partial charge is 0.479 e. The Labute approximate surface area is 233 Å². The van der Waals surface area contributed by atoms with Gasteiger partial charge in [0.2, 0.25) is 5.91 Å². The Bertz CT molecular complexity index is 1540. The molecule has 1 atom stereocenters. The number of hydrogen-bond donors (Lipinski definition) is 5. The van der Waals surface area contributed by atoms with E-state index in [-0.39, 0.29) is 11.5 Å². The van der Waals surface area contributed by atoms with Crippen molar-refractivity contribution in [2.24, 2.45) is 0 Å². The molecular formula is C29H29BN4O4S. The molecule has 0 aliphatic rings. The summed E-state index contributed by atoms with van der Waals surface area (Å²) < 4.78 is 0. The Morgan fingerprint density at radius 2 is 1.79 bits per heavy atom. The van der Waals surface area contributed by atoms with Gasteiger partial charge in [0, 0.05) is 40.8 Å². The lowest BCUT2D eigenvalue weighted by atomic mass is 10.0. The lowest BCUT2D eigenvalue weighted by Crippen LogP contribution is -2.20. The normalized spacial score (nSPS) is 11.9. The van der Waals surface area contributed by atoms with Crippen molar-refractivity contribution in [2.75, 3.05) is 17.7 Å². The van der Waals surface area contributed by atoms with Crippen molar-refractivity contribution in [1.82, 2.24) is 9.79 Å². The second-order valence-corrected chi connectivity index (χ2v) is 9.91. The summed E-state index contributed by atoms with van der Waals surface area (Å²) in [6, 6.07) is 18.8. The monoisotopic (exact) mass is 540 g/mol. The lowest BCUT2D eigenvalue weighted by Gasteiger charge is -2.17. The molecule has 39 heavy (non-hydrogen) atoms. The Hall–Kier alpha value is -4.02. The number of anilines is 2. The van der Waals surface area contributed by atoms with E-state index in [1.165, 1.54) is 0 Å². The molecule has 1 aromatic heterocycles. The van der Waals surface area contributed by atoms with Crippen LogP contribution >= 0.6 is 12.6 Å². The van der Waals surface area contributed by atoms with Crippen molar-refractivity contribution in [1.29, 1.82) is 0 Å². The number of benzene rings is 3. The van der Waals surface area contributed by atoms with Gasteiger partial charge in [0.25, 0.3) is 5.56 Å². The van der Waals surface area contributed by atoms with Crippen LogP contribution in [-0.2, 0) is 22.6 Å². The number of aromatic nitrogens is 1. The van der Waals surface area contributed by atoms with Crippen LogP contribution in [-0.4, -0.2) is 41.8 Å². The number of H-pyrrole nitrogens is 1. The van der Waals surface area contributed by atoms with E-state index in [0.717, 1.165) is 21.4 Å². The first-order valence-corrected chi connectivity index (χ1v) is 12.9. The number of pyridine rings is 1. The van der Waals surface area contributed by atoms with E-state index >= 15 is 0 Å². The molecule has 0 fully saturated rings. The minimum Gasteiger partial charge on any atom is -0.479 e. The van der Waals surface area contributed by atoms with Gasteiger partial charge in [-0.2, -0.15) is 0 Å². The van der Waals surface area contributed by atoms with E-state index in [1.807, 2.05) is 30.3 Å². The first-order chi connectivity index (χ1) is 18.7. The smallest absolute Gasteiger partial charge is 0.330 e. The van der Waals surface area contributed by atoms with Crippen LogP contribution in [0.3, 0.4) is 0 Å². The fraction of sp³-hybridized carbons (Fsp3) is 0.207. The average Bonchev–Trinajstić information content (AvgIpc) is 2.90. The third kappa shape index (κ3) is 7.52. The number of aliphatic carboxylic acids is 1. The van der Waals surface area contributed by atoms with Gasteiger partial charge in [-0.05, 0) is 78.4 Å². The van der Waals surface area contributed by atoms with Crippen LogP contribution in [0.5, 0.6) is 0 Å². The number of thiol groups is 1. The number of carboxylic acids is 1. The number of amides is 1. The topological polar surface area (TPSA) is 115 Å². The van der Waals surface area contributed by atoms with Crippen molar-refractivity contribution in [3.05, 3.63) is 100.0 Å². The summed E-state index contributed by atoms with van der Waals surface area (Å²) >= 11 is 4.44. The predicted octanol–water partition coefficient (Wildman–Crippen LogP) is 4.53. The van der Waals surface area contributed by atoms with E-state index < -0.39 is 12.0 Å². The number of aromatic amines is 1. The summed E-state index contributed by atoms with van der Waals surface area (Å²) in [5, 5.41) is 17.0. The van der Waals surface area contributed by atoms with Gasteiger partial charge in [0.05, 0.1) is 0 Å². The first kappa shape index (κ1) is 28.0. The van der Waals surface area contributed by atoms with Gasteiger partial charge in [0.15, 0.2) is 14.0 Å². The molecule has 4 rings (SSSR count). The van der Waals surface area contributed by atoms with Gasteiger partial charge in [-0.1, -0.05) is 30.3 Å². The zero-order valence-electron chi connectivity index (χ0n) is 21.5. The standard InChI is InChI=1S/C29H29BN4O4S/c1-34(30)17-21-15-22(11-12-25(21)39)32-26(35)4-2-3-18-5-7-20(8-6-18)27(29(37)38)33-23-10-9-19-13-14-31-28(36)24(19)16-23/h5-16,27,33,39H,2-4,17H2,1H3,(H,31,36)(H,32,35)(H,37,38). The summed E-state index contributed by atoms with van der Waals surface area (Å²) in [6.45, 7) is 0.513. The second-order valence-electron chi connectivity index (χ2n) is 9.43. The highest BCUT2D eigenvalue weighted by atomic mass is 32.1. The van der Waals surface area contributed by atoms with E-state index in [1.54, 1.807) is 54.5 Å². The van der Waals surface area contributed by atoms with Crippen molar-refractivity contribution in [3.63, 3.8) is 0 Å². The first-order valence-electron chi connectivity index (χ1n) is 12.5. The third-order valence-corrected chi connectivity index (χ3v) is 6.73. The minimum absolute atomic E-state index is 0.0880. The summed E-state index contributed by atoms with van der Waals surface area (Å²) in [7, 11) is 7.49. The Morgan fingerprint density at radius 3 is 2.51 bits per heavy atom. The van der Waals surface area contributed by atoms with Gasteiger partial charge in [-0.25, -0.2) is 4.79 Å². The SMILES string of the molecule is [B]N(C)Cc1cc(NC(=O)CCCc2ccc(C(Nc3ccc4cc[nH]c(=O)c4c3)C(=O)O)cc2)ccc1S.